The SMILES string of the molecule is CCN(C)[C@@H]1C(O)=C(C(N)=O)C(=O)[C@@]2(O)C(O)=C3C(=O)c4c(O)cc5c(c4C[C@H]3C[C@@H]12)N(C)CC1CCN(C)C51. The Labute approximate surface area is 232 Å². The molecule has 11 nitrogen and oxygen atoms in total. The summed E-state index contributed by atoms with van der Waals surface area (Å²) < 4.78 is 0. The second-order valence-electron chi connectivity index (χ2n) is 12.1. The monoisotopic (exact) mass is 552 g/mol. The Kier molecular flexibility index (Phi) is 5.89. The molecule has 6 rings (SSSR count). The minimum atomic E-state index is -2.63. The van der Waals surface area contributed by atoms with Crippen LogP contribution in [0.3, 0.4) is 0 Å². The summed E-state index contributed by atoms with van der Waals surface area (Å²) in [5, 5.41) is 45.6. The van der Waals surface area contributed by atoms with Gasteiger partial charge in [0, 0.05) is 36.8 Å². The number of benzene rings is 1. The number of aromatic hydroxyl groups is 1. The fourth-order valence-corrected chi connectivity index (χ4v) is 8.27. The highest BCUT2D eigenvalue weighted by Gasteiger charge is 2.63. The quantitative estimate of drug-likeness (QED) is 0.341. The van der Waals surface area contributed by atoms with Gasteiger partial charge in [0.05, 0.1) is 11.6 Å². The molecule has 1 aromatic rings. The second-order valence-corrected chi connectivity index (χ2v) is 12.1. The van der Waals surface area contributed by atoms with Gasteiger partial charge in [0.2, 0.25) is 5.78 Å². The van der Waals surface area contributed by atoms with Crippen molar-refractivity contribution in [1.82, 2.24) is 9.80 Å². The first kappa shape index (κ1) is 26.8. The number of aliphatic hydroxyl groups is 3. The average Bonchev–Trinajstić information content (AvgIpc) is 3.25. The molecule has 1 amide bonds. The molecule has 5 aliphatic rings. The highest BCUT2D eigenvalue weighted by atomic mass is 16.3. The van der Waals surface area contributed by atoms with Crippen LogP contribution < -0.4 is 10.6 Å². The van der Waals surface area contributed by atoms with Gasteiger partial charge in [-0.25, -0.2) is 0 Å². The van der Waals surface area contributed by atoms with Gasteiger partial charge in [-0.1, -0.05) is 6.92 Å². The molecular formula is C29H36N4O7. The third-order valence-corrected chi connectivity index (χ3v) is 10.1. The van der Waals surface area contributed by atoms with Crippen molar-refractivity contribution in [2.45, 2.75) is 43.9 Å². The van der Waals surface area contributed by atoms with E-state index in [9.17, 15) is 34.8 Å². The first-order valence-electron chi connectivity index (χ1n) is 13.8. The molecule has 1 saturated heterocycles. The van der Waals surface area contributed by atoms with Crippen molar-refractivity contribution in [2.24, 2.45) is 23.5 Å². The van der Waals surface area contributed by atoms with Crippen molar-refractivity contribution in [2.75, 3.05) is 45.7 Å². The van der Waals surface area contributed by atoms with Crippen molar-refractivity contribution in [3.05, 3.63) is 45.4 Å². The topological polar surface area (TPSA) is 168 Å². The minimum absolute atomic E-state index is 0.0588. The van der Waals surface area contributed by atoms with Crippen LogP contribution in [-0.4, -0.2) is 100 Å². The number of phenolic OH excluding ortho intramolecular Hbond substituents is 1. The maximum absolute atomic E-state index is 14.0. The number of likely N-dealkylation sites (tertiary alicyclic amines) is 1. The lowest BCUT2D eigenvalue weighted by Gasteiger charge is -2.51. The van der Waals surface area contributed by atoms with Gasteiger partial charge < -0.3 is 31.1 Å². The number of anilines is 1. The number of fused-ring (bicyclic) bond motifs is 7. The molecule has 11 heteroatoms. The molecule has 0 bridgehead atoms. The van der Waals surface area contributed by atoms with Gasteiger partial charge in [0.15, 0.2) is 11.4 Å². The summed E-state index contributed by atoms with van der Waals surface area (Å²) in [5.41, 5.74) is 4.48. The maximum Gasteiger partial charge on any atom is 0.255 e. The molecule has 0 aromatic heterocycles. The number of amides is 1. The largest absolute Gasteiger partial charge is 0.510 e. The molecule has 2 unspecified atom stereocenters. The zero-order valence-corrected chi connectivity index (χ0v) is 23.1. The van der Waals surface area contributed by atoms with Gasteiger partial charge in [-0.2, -0.15) is 0 Å². The molecule has 2 heterocycles. The number of hydrogen-bond acceptors (Lipinski definition) is 10. The van der Waals surface area contributed by atoms with Crippen molar-refractivity contribution in [3.63, 3.8) is 0 Å². The lowest BCUT2D eigenvalue weighted by atomic mass is 9.58. The number of carbonyl (C=O) groups excluding carboxylic acids is 3. The fraction of sp³-hybridized carbons (Fsp3) is 0.552. The Hall–Kier alpha value is -3.41. The number of aliphatic hydroxyl groups excluding tert-OH is 2. The summed E-state index contributed by atoms with van der Waals surface area (Å²) in [4.78, 5) is 45.9. The Bertz CT molecular complexity index is 1430. The van der Waals surface area contributed by atoms with E-state index in [4.69, 9.17) is 5.73 Å². The standard InChI is InChI=1S/C29H36N4O7/c1-5-31(2)23-16-9-13-8-14-19(17(34)10-15-21-12(6-7-32(21)3)11-33(4)22(14)15)24(35)18(13)26(37)29(16,40)27(38)20(25(23)36)28(30)39/h10,12-13,16,21,23,34,36-37,40H,5-9,11H2,1-4H3,(H2,30,39)/t12?,13-,16-,21?,23-,29-/m0/s1. The van der Waals surface area contributed by atoms with Crippen LogP contribution in [0.1, 0.15) is 47.3 Å². The van der Waals surface area contributed by atoms with Crippen LogP contribution in [0.4, 0.5) is 5.69 Å². The number of nitrogens with two attached hydrogens (primary N) is 1. The number of nitrogens with zero attached hydrogens (tertiary/aromatic N) is 3. The molecule has 3 aliphatic carbocycles. The van der Waals surface area contributed by atoms with Gasteiger partial charge in [0.25, 0.3) is 5.91 Å². The zero-order chi connectivity index (χ0) is 29.0. The molecule has 6 atom stereocenters. The van der Waals surface area contributed by atoms with Crippen LogP contribution >= 0.6 is 0 Å². The van der Waals surface area contributed by atoms with Crippen molar-refractivity contribution in [1.29, 1.82) is 0 Å². The summed E-state index contributed by atoms with van der Waals surface area (Å²) >= 11 is 0. The van der Waals surface area contributed by atoms with Gasteiger partial charge in [-0.05, 0) is 75.5 Å². The molecule has 2 aliphatic heterocycles. The van der Waals surface area contributed by atoms with Crippen LogP contribution in [0.2, 0.25) is 0 Å². The molecule has 0 radical (unpaired) electrons. The first-order valence-corrected chi connectivity index (χ1v) is 13.8. The summed E-state index contributed by atoms with van der Waals surface area (Å²) in [5.74, 6) is -5.93. The van der Waals surface area contributed by atoms with Crippen molar-refractivity contribution < 1.29 is 34.8 Å². The van der Waals surface area contributed by atoms with Crippen molar-refractivity contribution >= 4 is 23.2 Å². The minimum Gasteiger partial charge on any atom is -0.510 e. The van der Waals surface area contributed by atoms with Gasteiger partial charge >= 0.3 is 0 Å². The molecule has 0 spiro atoms. The average molecular weight is 553 g/mol. The van der Waals surface area contributed by atoms with E-state index < -0.39 is 58.0 Å². The lowest BCUT2D eigenvalue weighted by molar-refractivity contribution is -0.148. The highest BCUT2D eigenvalue weighted by molar-refractivity contribution is 6.25. The zero-order valence-electron chi connectivity index (χ0n) is 23.1. The van der Waals surface area contributed by atoms with Crippen LogP contribution in [0, 0.1) is 17.8 Å². The summed E-state index contributed by atoms with van der Waals surface area (Å²) in [7, 11) is 5.72. The van der Waals surface area contributed by atoms with E-state index in [-0.39, 0.29) is 29.3 Å². The highest BCUT2D eigenvalue weighted by Crippen LogP contribution is 2.55. The second kappa shape index (κ2) is 8.79. The van der Waals surface area contributed by atoms with Crippen LogP contribution in [-0.2, 0) is 16.0 Å². The Morgan fingerprint density at radius 1 is 1.23 bits per heavy atom. The number of hydrogen-bond donors (Lipinski definition) is 5. The maximum atomic E-state index is 14.0. The number of likely N-dealkylation sites (N-methyl/N-ethyl adjacent to an activating group) is 1. The Balaban J connectivity index is 1.54. The summed E-state index contributed by atoms with van der Waals surface area (Å²) in [6.45, 7) is 3.96. The lowest BCUT2D eigenvalue weighted by Crippen LogP contribution is -2.64. The number of carbonyl (C=O) groups is 3. The molecule has 6 N–H and O–H groups in total. The number of Topliss-reactive ketones (excluding diaryl/α,β-unsaturated/α-hetero) is 2. The van der Waals surface area contributed by atoms with Gasteiger partial charge in [0.1, 0.15) is 22.8 Å². The van der Waals surface area contributed by atoms with E-state index in [1.807, 2.05) is 14.0 Å². The predicted molar refractivity (Wildman–Crippen MR) is 145 cm³/mol. The smallest absolute Gasteiger partial charge is 0.255 e. The first-order chi connectivity index (χ1) is 18.8. The number of allylic oxidation sites excluding steroid dienone is 1. The molecule has 40 heavy (non-hydrogen) atoms. The molecule has 214 valence electrons. The van der Waals surface area contributed by atoms with Crippen LogP contribution in [0.25, 0.3) is 0 Å². The van der Waals surface area contributed by atoms with Crippen LogP contribution in [0.5, 0.6) is 5.75 Å². The Morgan fingerprint density at radius 2 is 1.93 bits per heavy atom. The van der Waals surface area contributed by atoms with E-state index in [2.05, 4.69) is 16.8 Å². The number of rotatable bonds is 3. The van der Waals surface area contributed by atoms with E-state index in [0.717, 1.165) is 30.8 Å². The third-order valence-electron chi connectivity index (χ3n) is 10.1. The van der Waals surface area contributed by atoms with E-state index in [0.29, 0.717) is 24.4 Å². The van der Waals surface area contributed by atoms with Crippen LogP contribution in [0.15, 0.2) is 28.7 Å². The van der Waals surface area contributed by atoms with Crippen molar-refractivity contribution in [3.8, 4) is 5.75 Å². The molecule has 0 saturated carbocycles. The molecule has 1 aromatic carbocycles. The summed E-state index contributed by atoms with van der Waals surface area (Å²) in [6.07, 6.45) is 1.41. The number of primary amides is 1. The number of phenols is 1. The van der Waals surface area contributed by atoms with E-state index >= 15 is 0 Å². The van der Waals surface area contributed by atoms with Gasteiger partial charge in [-0.3, -0.25) is 24.2 Å². The summed E-state index contributed by atoms with van der Waals surface area (Å²) in [6, 6.07) is 0.764. The fourth-order valence-electron chi connectivity index (χ4n) is 8.27. The van der Waals surface area contributed by atoms with E-state index in [1.54, 1.807) is 18.0 Å². The molecule has 1 fully saturated rings. The van der Waals surface area contributed by atoms with E-state index in [1.165, 1.54) is 0 Å². The predicted octanol–water partition coefficient (Wildman–Crippen LogP) is 0.953. The third kappa shape index (κ3) is 3.25. The molecular weight excluding hydrogens is 516 g/mol. The Morgan fingerprint density at radius 3 is 2.58 bits per heavy atom. The normalized spacial score (nSPS) is 33.5. The number of ketones is 2. The van der Waals surface area contributed by atoms with Gasteiger partial charge in [-0.15, -0.1) is 0 Å².